The van der Waals surface area contributed by atoms with Gasteiger partial charge in [0.1, 0.15) is 0 Å². The molecule has 0 spiro atoms. The van der Waals surface area contributed by atoms with Gasteiger partial charge in [-0.3, -0.25) is 9.59 Å². The van der Waals surface area contributed by atoms with Crippen LogP contribution in [-0.4, -0.2) is 11.8 Å². The normalized spacial score (nSPS) is 9.68. The van der Waals surface area contributed by atoms with E-state index in [1.54, 1.807) is 35.7 Å². The van der Waals surface area contributed by atoms with Crippen molar-refractivity contribution < 1.29 is 9.59 Å². The molecule has 2 aromatic rings. The highest BCUT2D eigenvalue weighted by atomic mass is 32.1. The van der Waals surface area contributed by atoms with Crippen molar-refractivity contribution in [2.75, 3.05) is 10.6 Å². The summed E-state index contributed by atoms with van der Waals surface area (Å²) in [6.07, 6.45) is 1.20. The number of rotatable bonds is 4. The lowest BCUT2D eigenvalue weighted by atomic mass is 10.2. The number of hydrogen-bond donors (Lipinski definition) is 2. The average Bonchev–Trinajstić information content (AvgIpc) is 2.95. The second-order valence-corrected chi connectivity index (χ2v) is 4.52. The molecule has 0 aliphatic carbocycles. The Labute approximate surface area is 114 Å². The van der Waals surface area contributed by atoms with Crippen molar-refractivity contribution in [3.05, 3.63) is 59.3 Å². The highest BCUT2D eigenvalue weighted by molar-refractivity contribution is 7.08. The molecule has 5 heteroatoms. The summed E-state index contributed by atoms with van der Waals surface area (Å²) < 4.78 is 0. The number of thiophene rings is 1. The van der Waals surface area contributed by atoms with E-state index in [-0.39, 0.29) is 11.8 Å². The first-order valence-corrected chi connectivity index (χ1v) is 6.50. The Bertz CT molecular complexity index is 588. The fourth-order valence-electron chi connectivity index (χ4n) is 1.43. The predicted molar refractivity (Wildman–Crippen MR) is 77.5 cm³/mol. The molecule has 0 saturated heterocycles. The zero-order chi connectivity index (χ0) is 13.7. The van der Waals surface area contributed by atoms with Crippen LogP contribution in [0.1, 0.15) is 10.4 Å². The van der Waals surface area contributed by atoms with Gasteiger partial charge in [0.2, 0.25) is 5.91 Å². The van der Waals surface area contributed by atoms with Gasteiger partial charge in [0.15, 0.2) is 0 Å². The molecule has 0 aliphatic heterocycles. The maximum absolute atomic E-state index is 11.8. The fourth-order valence-corrected chi connectivity index (χ4v) is 2.06. The molecule has 2 N–H and O–H groups in total. The predicted octanol–water partition coefficient (Wildman–Crippen LogP) is 3.12. The van der Waals surface area contributed by atoms with Gasteiger partial charge in [-0.2, -0.15) is 11.3 Å². The summed E-state index contributed by atoms with van der Waals surface area (Å²) in [5, 5.41) is 9.04. The third-order valence-corrected chi connectivity index (χ3v) is 3.06. The molecule has 96 valence electrons. The van der Waals surface area contributed by atoms with Crippen molar-refractivity contribution in [3.63, 3.8) is 0 Å². The van der Waals surface area contributed by atoms with E-state index in [0.29, 0.717) is 16.9 Å². The molecule has 19 heavy (non-hydrogen) atoms. The van der Waals surface area contributed by atoms with Crippen LogP contribution in [0.3, 0.4) is 0 Å². The minimum atomic E-state index is -0.268. The van der Waals surface area contributed by atoms with Crippen LogP contribution in [-0.2, 0) is 4.79 Å². The molecule has 2 rings (SSSR count). The summed E-state index contributed by atoms with van der Waals surface area (Å²) >= 11 is 1.47. The van der Waals surface area contributed by atoms with Gasteiger partial charge in [-0.1, -0.05) is 6.58 Å². The Balaban J connectivity index is 2.01. The third kappa shape index (κ3) is 3.53. The lowest BCUT2D eigenvalue weighted by molar-refractivity contribution is -0.111. The molecule has 0 unspecified atom stereocenters. The number of carbonyl (C=O) groups excluding carboxylic acids is 2. The Morgan fingerprint density at radius 1 is 1.05 bits per heavy atom. The highest BCUT2D eigenvalue weighted by Gasteiger charge is 2.06. The van der Waals surface area contributed by atoms with E-state index in [2.05, 4.69) is 17.2 Å². The van der Waals surface area contributed by atoms with Crippen molar-refractivity contribution in [1.82, 2.24) is 0 Å². The number of anilines is 2. The van der Waals surface area contributed by atoms with Gasteiger partial charge in [-0.05, 0) is 41.8 Å². The van der Waals surface area contributed by atoms with E-state index in [0.717, 1.165) is 0 Å². The molecule has 0 fully saturated rings. The highest BCUT2D eigenvalue weighted by Crippen LogP contribution is 2.15. The summed E-state index contributed by atoms with van der Waals surface area (Å²) in [5.41, 5.74) is 1.96. The summed E-state index contributed by atoms with van der Waals surface area (Å²) in [7, 11) is 0. The molecular weight excluding hydrogens is 260 g/mol. The van der Waals surface area contributed by atoms with Crippen LogP contribution >= 0.6 is 11.3 Å². The molecular formula is C14H12N2O2S. The Hall–Kier alpha value is -2.40. The molecule has 2 amide bonds. The van der Waals surface area contributed by atoms with Crippen LogP contribution in [0.25, 0.3) is 0 Å². The van der Waals surface area contributed by atoms with Gasteiger partial charge >= 0.3 is 0 Å². The Morgan fingerprint density at radius 3 is 2.21 bits per heavy atom. The molecule has 0 bridgehead atoms. The van der Waals surface area contributed by atoms with E-state index < -0.39 is 0 Å². The first kappa shape index (κ1) is 13.0. The van der Waals surface area contributed by atoms with Crippen LogP contribution in [0.2, 0.25) is 0 Å². The van der Waals surface area contributed by atoms with Crippen LogP contribution < -0.4 is 10.6 Å². The third-order valence-electron chi connectivity index (χ3n) is 2.38. The van der Waals surface area contributed by atoms with Gasteiger partial charge in [0.05, 0.1) is 5.56 Å². The lowest BCUT2D eigenvalue weighted by Gasteiger charge is -2.06. The summed E-state index contributed by atoms with van der Waals surface area (Å²) in [6, 6.07) is 8.64. The molecule has 4 nitrogen and oxygen atoms in total. The minimum Gasteiger partial charge on any atom is -0.323 e. The number of benzene rings is 1. The topological polar surface area (TPSA) is 58.2 Å². The minimum absolute atomic E-state index is 0.149. The molecule has 0 aliphatic rings. The van der Waals surface area contributed by atoms with Gasteiger partial charge in [0, 0.05) is 16.8 Å². The molecule has 1 aromatic heterocycles. The van der Waals surface area contributed by atoms with Crippen LogP contribution in [0.5, 0.6) is 0 Å². The van der Waals surface area contributed by atoms with Gasteiger partial charge in [-0.25, -0.2) is 0 Å². The van der Waals surface area contributed by atoms with E-state index in [1.165, 1.54) is 17.4 Å². The smallest absolute Gasteiger partial charge is 0.256 e. The van der Waals surface area contributed by atoms with Crippen LogP contribution in [0, 0.1) is 0 Å². The molecule has 0 atom stereocenters. The summed E-state index contributed by atoms with van der Waals surface area (Å²) in [4.78, 5) is 22.9. The van der Waals surface area contributed by atoms with Gasteiger partial charge in [0.25, 0.3) is 5.91 Å². The SMILES string of the molecule is C=CC(=O)Nc1ccc(NC(=O)c2ccsc2)cc1. The second-order valence-electron chi connectivity index (χ2n) is 3.74. The Kier molecular flexibility index (Phi) is 4.10. The zero-order valence-electron chi connectivity index (χ0n) is 10.1. The number of carbonyl (C=O) groups is 2. The van der Waals surface area contributed by atoms with Gasteiger partial charge < -0.3 is 10.6 Å². The summed E-state index contributed by atoms with van der Waals surface area (Å²) in [6.45, 7) is 3.37. The summed E-state index contributed by atoms with van der Waals surface area (Å²) in [5.74, 6) is -0.417. The van der Waals surface area contributed by atoms with Crippen molar-refractivity contribution >= 4 is 34.5 Å². The van der Waals surface area contributed by atoms with Crippen molar-refractivity contribution in [2.24, 2.45) is 0 Å². The molecule has 0 radical (unpaired) electrons. The fraction of sp³-hybridized carbons (Fsp3) is 0. The second kappa shape index (κ2) is 5.97. The van der Waals surface area contributed by atoms with Crippen LogP contribution in [0.4, 0.5) is 11.4 Å². The van der Waals surface area contributed by atoms with Gasteiger partial charge in [-0.15, -0.1) is 0 Å². The molecule has 1 heterocycles. The van der Waals surface area contributed by atoms with Crippen molar-refractivity contribution in [2.45, 2.75) is 0 Å². The van der Waals surface area contributed by atoms with E-state index >= 15 is 0 Å². The monoisotopic (exact) mass is 272 g/mol. The van der Waals surface area contributed by atoms with E-state index in [1.807, 2.05) is 5.38 Å². The maximum Gasteiger partial charge on any atom is 0.256 e. The maximum atomic E-state index is 11.8. The van der Waals surface area contributed by atoms with E-state index in [4.69, 9.17) is 0 Å². The first-order chi connectivity index (χ1) is 9.19. The van der Waals surface area contributed by atoms with Crippen molar-refractivity contribution in [3.8, 4) is 0 Å². The standard InChI is InChI=1S/C14H12N2O2S/c1-2-13(17)15-11-3-5-12(6-4-11)16-14(18)10-7-8-19-9-10/h2-9H,1H2,(H,15,17)(H,16,18). The van der Waals surface area contributed by atoms with Crippen molar-refractivity contribution in [1.29, 1.82) is 0 Å². The molecule has 0 saturated carbocycles. The first-order valence-electron chi connectivity index (χ1n) is 5.56. The molecule has 1 aromatic carbocycles. The lowest BCUT2D eigenvalue weighted by Crippen LogP contribution is -2.11. The Morgan fingerprint density at radius 2 is 1.68 bits per heavy atom. The number of nitrogens with one attached hydrogen (secondary N) is 2. The zero-order valence-corrected chi connectivity index (χ0v) is 10.9. The van der Waals surface area contributed by atoms with Crippen LogP contribution in [0.15, 0.2) is 53.7 Å². The number of hydrogen-bond acceptors (Lipinski definition) is 3. The quantitative estimate of drug-likeness (QED) is 0.840. The largest absolute Gasteiger partial charge is 0.323 e. The average molecular weight is 272 g/mol. The number of amides is 2. The van der Waals surface area contributed by atoms with E-state index in [9.17, 15) is 9.59 Å².